The summed E-state index contributed by atoms with van der Waals surface area (Å²) in [7, 11) is 0. The molecule has 2 amide bonds. The Kier molecular flexibility index (Phi) is 6.81. The van der Waals surface area contributed by atoms with Gasteiger partial charge in [0.15, 0.2) is 0 Å². The van der Waals surface area contributed by atoms with E-state index in [1.54, 1.807) is 11.0 Å². The Bertz CT molecular complexity index is 1450. The molecule has 0 aliphatic carbocycles. The van der Waals surface area contributed by atoms with Crippen LogP contribution in [-0.2, 0) is 16.0 Å². The van der Waals surface area contributed by atoms with Crippen molar-refractivity contribution in [3.05, 3.63) is 76.1 Å². The lowest BCUT2D eigenvalue weighted by molar-refractivity contribution is -0.118. The van der Waals surface area contributed by atoms with E-state index in [1.165, 1.54) is 11.3 Å². The fourth-order valence-corrected chi connectivity index (χ4v) is 5.48. The summed E-state index contributed by atoms with van der Waals surface area (Å²) in [4.78, 5) is 39.2. The number of hydrogen-bond acceptors (Lipinski definition) is 6. The third-order valence-electron chi connectivity index (χ3n) is 7.36. The summed E-state index contributed by atoms with van der Waals surface area (Å²) in [6.45, 7) is 4.60. The molecular weight excluding hydrogens is 480 g/mol. The number of anilines is 1. The van der Waals surface area contributed by atoms with Crippen molar-refractivity contribution in [2.24, 2.45) is 9.98 Å². The molecule has 8 nitrogen and oxygen atoms in total. The van der Waals surface area contributed by atoms with Crippen LogP contribution in [0.1, 0.15) is 47.7 Å². The molecule has 1 saturated heterocycles. The van der Waals surface area contributed by atoms with Crippen LogP contribution < -0.4 is 20.4 Å². The van der Waals surface area contributed by atoms with Crippen LogP contribution in [0.4, 0.5) is 5.69 Å². The van der Waals surface area contributed by atoms with Gasteiger partial charge in [0.2, 0.25) is 5.91 Å². The molecule has 4 aliphatic heterocycles. The van der Waals surface area contributed by atoms with Gasteiger partial charge in [-0.2, -0.15) is 0 Å². The SMILES string of the molecule is C[C@@H]1CC(=O)N=c2cc3cc(c2=N1)/C=C/C/C=C/N1CCCc2ccc(cc21)OC[C@@H]1CN(CCO1)C3=O. The van der Waals surface area contributed by atoms with Gasteiger partial charge in [-0.25, -0.2) is 4.99 Å². The van der Waals surface area contributed by atoms with Crippen molar-refractivity contribution in [2.75, 3.05) is 37.7 Å². The van der Waals surface area contributed by atoms with E-state index in [1.807, 2.05) is 25.1 Å². The second-order valence-corrected chi connectivity index (χ2v) is 10.3. The molecule has 2 aromatic rings. The highest BCUT2D eigenvalue weighted by Crippen LogP contribution is 2.31. The zero-order chi connectivity index (χ0) is 26.1. The van der Waals surface area contributed by atoms with E-state index >= 15 is 0 Å². The number of allylic oxidation sites excluding steroid dienone is 2. The van der Waals surface area contributed by atoms with Crippen LogP contribution in [0.5, 0.6) is 5.75 Å². The zero-order valence-electron chi connectivity index (χ0n) is 21.6. The summed E-state index contributed by atoms with van der Waals surface area (Å²) in [6.07, 6.45) is 11.2. The van der Waals surface area contributed by atoms with E-state index in [-0.39, 0.29) is 30.4 Å². The number of nitrogens with zero attached hydrogens (tertiary/aromatic N) is 4. The molecule has 6 rings (SSSR count). The van der Waals surface area contributed by atoms with Crippen molar-refractivity contribution in [3.8, 4) is 5.75 Å². The van der Waals surface area contributed by atoms with Crippen LogP contribution in [-0.4, -0.2) is 61.7 Å². The smallest absolute Gasteiger partial charge is 0.254 e. The molecule has 0 unspecified atom stereocenters. The monoisotopic (exact) mass is 512 g/mol. The van der Waals surface area contributed by atoms with Gasteiger partial charge in [0, 0.05) is 42.2 Å². The van der Waals surface area contributed by atoms with Crippen LogP contribution in [0.15, 0.2) is 58.7 Å². The molecule has 0 N–H and O–H groups in total. The van der Waals surface area contributed by atoms with Crippen molar-refractivity contribution in [3.63, 3.8) is 0 Å². The normalized spacial score (nSPS) is 25.0. The number of fused-ring (bicyclic) bond motifs is 7. The number of rotatable bonds is 0. The third kappa shape index (κ3) is 5.13. The summed E-state index contributed by atoms with van der Waals surface area (Å²) < 4.78 is 12.1. The first-order valence-electron chi connectivity index (χ1n) is 13.4. The van der Waals surface area contributed by atoms with Crippen molar-refractivity contribution in [1.82, 2.24) is 4.90 Å². The van der Waals surface area contributed by atoms with Gasteiger partial charge in [0.1, 0.15) is 18.5 Å². The first-order valence-corrected chi connectivity index (χ1v) is 13.4. The van der Waals surface area contributed by atoms with Gasteiger partial charge in [-0.1, -0.05) is 24.3 Å². The second-order valence-electron chi connectivity index (χ2n) is 10.3. The molecular formula is C30H32N4O4. The summed E-state index contributed by atoms with van der Waals surface area (Å²) in [5.74, 6) is 0.475. The van der Waals surface area contributed by atoms with E-state index in [9.17, 15) is 9.59 Å². The van der Waals surface area contributed by atoms with E-state index in [0.717, 1.165) is 30.7 Å². The minimum absolute atomic E-state index is 0.110. The van der Waals surface area contributed by atoms with Crippen molar-refractivity contribution in [2.45, 2.75) is 44.8 Å². The van der Waals surface area contributed by atoms with Crippen molar-refractivity contribution >= 4 is 23.6 Å². The number of morpholine rings is 1. The lowest BCUT2D eigenvalue weighted by Crippen LogP contribution is -2.48. The largest absolute Gasteiger partial charge is 0.491 e. The molecule has 0 saturated carbocycles. The van der Waals surface area contributed by atoms with Gasteiger partial charge in [0.25, 0.3) is 5.91 Å². The maximum absolute atomic E-state index is 13.6. The average molecular weight is 513 g/mol. The Labute approximate surface area is 222 Å². The van der Waals surface area contributed by atoms with E-state index in [0.29, 0.717) is 49.0 Å². The van der Waals surface area contributed by atoms with Gasteiger partial charge in [-0.05, 0) is 49.9 Å². The first-order chi connectivity index (χ1) is 18.5. The molecule has 4 heterocycles. The number of carbonyl (C=O) groups is 2. The van der Waals surface area contributed by atoms with Crippen LogP contribution in [0.25, 0.3) is 6.08 Å². The Morgan fingerprint density at radius 2 is 2.00 bits per heavy atom. The molecule has 0 aromatic heterocycles. The molecule has 0 radical (unpaired) electrons. The maximum Gasteiger partial charge on any atom is 0.254 e. The van der Waals surface area contributed by atoms with Gasteiger partial charge in [-0.3, -0.25) is 14.6 Å². The van der Waals surface area contributed by atoms with Crippen LogP contribution in [0.3, 0.4) is 0 Å². The molecule has 196 valence electrons. The molecule has 2 atom stereocenters. The molecule has 2 aromatic carbocycles. The Balaban J connectivity index is 1.42. The maximum atomic E-state index is 13.6. The van der Waals surface area contributed by atoms with E-state index < -0.39 is 0 Å². The quantitative estimate of drug-likeness (QED) is 0.542. The van der Waals surface area contributed by atoms with Crippen LogP contribution in [0, 0.1) is 0 Å². The summed E-state index contributed by atoms with van der Waals surface area (Å²) >= 11 is 0. The molecule has 1 fully saturated rings. The molecule has 6 bridgehead atoms. The number of hydrogen-bond donors (Lipinski definition) is 0. The van der Waals surface area contributed by atoms with Crippen molar-refractivity contribution in [1.29, 1.82) is 0 Å². The van der Waals surface area contributed by atoms with Crippen LogP contribution in [0.2, 0.25) is 0 Å². The predicted molar refractivity (Wildman–Crippen MR) is 144 cm³/mol. The highest BCUT2D eigenvalue weighted by Gasteiger charge is 2.27. The minimum Gasteiger partial charge on any atom is -0.491 e. The fourth-order valence-electron chi connectivity index (χ4n) is 5.48. The lowest BCUT2D eigenvalue weighted by Gasteiger charge is -2.33. The first kappa shape index (κ1) is 24.6. The lowest BCUT2D eigenvalue weighted by atomic mass is 10.0. The molecule has 0 spiro atoms. The van der Waals surface area contributed by atoms with Gasteiger partial charge < -0.3 is 19.3 Å². The van der Waals surface area contributed by atoms with Crippen LogP contribution >= 0.6 is 0 Å². The predicted octanol–water partition coefficient (Wildman–Crippen LogP) is 2.85. The summed E-state index contributed by atoms with van der Waals surface area (Å²) in [6, 6.07) is 9.68. The van der Waals surface area contributed by atoms with E-state index in [4.69, 9.17) is 14.5 Å². The third-order valence-corrected chi connectivity index (χ3v) is 7.36. The molecule has 38 heavy (non-hydrogen) atoms. The Morgan fingerprint density at radius 3 is 2.92 bits per heavy atom. The van der Waals surface area contributed by atoms with Gasteiger partial charge in [0.05, 0.1) is 36.3 Å². The summed E-state index contributed by atoms with van der Waals surface area (Å²) in [5, 5.41) is 1.13. The highest BCUT2D eigenvalue weighted by molar-refractivity contribution is 5.95. The van der Waals surface area contributed by atoms with Crippen molar-refractivity contribution < 1.29 is 19.1 Å². The van der Waals surface area contributed by atoms with Gasteiger partial charge in [-0.15, -0.1) is 0 Å². The molecule has 4 aliphatic rings. The number of amides is 2. The number of carbonyl (C=O) groups excluding carboxylic acids is 2. The minimum atomic E-state index is -0.235. The summed E-state index contributed by atoms with van der Waals surface area (Å²) in [5.41, 5.74) is 3.79. The highest BCUT2D eigenvalue weighted by atomic mass is 16.5. The Hall–Kier alpha value is -3.78. The zero-order valence-corrected chi connectivity index (χ0v) is 21.6. The standard InChI is InChI=1S/C30H32N4O4/c1-20-14-28(35)32-26-16-23-15-22(29(26)31-20)6-3-2-4-10-33-11-5-7-21-8-9-24(17-27(21)33)38-19-25-18-34(30(23)36)12-13-37-25/h3-4,6,8-10,15-17,20,25H,2,5,7,11-14,18-19H2,1H3/b6-3+,10-4+/t20-,25+/m1/s1. The number of aryl methyl sites for hydroxylation is 1. The topological polar surface area (TPSA) is 83.8 Å². The average Bonchev–Trinajstić information content (AvgIpc) is 3.07. The second kappa shape index (κ2) is 10.5. The van der Waals surface area contributed by atoms with E-state index in [2.05, 4.69) is 40.4 Å². The number of ether oxygens (including phenoxy) is 2. The Morgan fingerprint density at radius 1 is 1.08 bits per heavy atom. The fraction of sp³-hybridized carbons (Fsp3) is 0.400. The molecule has 8 heteroatoms. The van der Waals surface area contributed by atoms with Gasteiger partial charge >= 0.3 is 0 Å². The number of benzene rings is 2.